The molecule has 4 rings (SSSR count). The number of carbonyl (C=O) groups is 1. The van der Waals surface area contributed by atoms with Crippen molar-refractivity contribution in [2.75, 3.05) is 0 Å². The smallest absolute Gasteiger partial charge is 0.176 e. The lowest BCUT2D eigenvalue weighted by Gasteiger charge is -2.59. The average molecular weight is 349 g/mol. The number of aliphatic hydroxyl groups is 1. The third kappa shape index (κ3) is 1.96. The fraction of sp³-hybridized carbons (Fsp3) is 0.762. The van der Waals surface area contributed by atoms with Crippen LogP contribution in [0.5, 0.6) is 0 Å². The van der Waals surface area contributed by atoms with Crippen molar-refractivity contribution in [2.24, 2.45) is 34.5 Å². The van der Waals surface area contributed by atoms with Crippen LogP contribution in [0.15, 0.2) is 24.3 Å². The van der Waals surface area contributed by atoms with Crippen LogP contribution in [0.25, 0.3) is 0 Å². The molecule has 132 valence electrons. The Bertz CT molecular complexity index is 611. The summed E-state index contributed by atoms with van der Waals surface area (Å²) in [4.78, 5) is 12.1. The minimum absolute atomic E-state index is 0.108. The lowest BCUT2D eigenvalue weighted by Crippen LogP contribution is -2.58. The third-order valence-electron chi connectivity index (χ3n) is 8.48. The summed E-state index contributed by atoms with van der Waals surface area (Å²) in [6.07, 6.45) is 10.2. The number of hydrogen-bond acceptors (Lipinski definition) is 2. The normalized spacial score (nSPS) is 53.7. The van der Waals surface area contributed by atoms with E-state index in [0.29, 0.717) is 23.2 Å². The van der Waals surface area contributed by atoms with Crippen molar-refractivity contribution in [3.05, 3.63) is 24.3 Å². The maximum Gasteiger partial charge on any atom is 0.176 e. The van der Waals surface area contributed by atoms with E-state index in [2.05, 4.69) is 26.5 Å². The molecule has 24 heavy (non-hydrogen) atoms. The van der Waals surface area contributed by atoms with Crippen molar-refractivity contribution in [3.8, 4) is 0 Å². The quantitative estimate of drug-likeness (QED) is 0.559. The summed E-state index contributed by atoms with van der Waals surface area (Å²) in [6.45, 7) is 8.72. The van der Waals surface area contributed by atoms with Gasteiger partial charge in [-0.2, -0.15) is 0 Å². The van der Waals surface area contributed by atoms with Crippen LogP contribution >= 0.6 is 11.6 Å². The molecule has 0 aromatic heterocycles. The first-order valence-corrected chi connectivity index (χ1v) is 9.97. The fourth-order valence-corrected chi connectivity index (χ4v) is 7.36. The zero-order valence-electron chi connectivity index (χ0n) is 14.8. The first-order valence-electron chi connectivity index (χ1n) is 9.53. The molecule has 4 aliphatic carbocycles. The molecular weight excluding hydrogens is 320 g/mol. The maximum atomic E-state index is 12.1. The summed E-state index contributed by atoms with van der Waals surface area (Å²) < 4.78 is 0. The highest BCUT2D eigenvalue weighted by atomic mass is 35.5. The lowest BCUT2D eigenvalue weighted by molar-refractivity contribution is -0.126. The molecule has 8 unspecified atom stereocenters. The highest BCUT2D eigenvalue weighted by molar-refractivity contribution is 6.33. The number of halogens is 1. The minimum Gasteiger partial charge on any atom is -0.390 e. The summed E-state index contributed by atoms with van der Waals surface area (Å²) in [5, 5.41) is 10.2. The predicted molar refractivity (Wildman–Crippen MR) is 96.8 cm³/mol. The molecule has 0 aliphatic heterocycles. The van der Waals surface area contributed by atoms with Gasteiger partial charge in [0.25, 0.3) is 0 Å². The highest BCUT2D eigenvalue weighted by Crippen LogP contribution is 2.66. The van der Waals surface area contributed by atoms with Crippen LogP contribution in [-0.4, -0.2) is 22.4 Å². The molecule has 4 aliphatic rings. The summed E-state index contributed by atoms with van der Waals surface area (Å²) in [6, 6.07) is 0. The van der Waals surface area contributed by atoms with Gasteiger partial charge in [0.05, 0.1) is 6.10 Å². The Hall–Kier alpha value is -0.600. The van der Waals surface area contributed by atoms with E-state index in [1.54, 1.807) is 6.08 Å². The van der Waals surface area contributed by atoms with Crippen LogP contribution in [0.4, 0.5) is 0 Å². The number of hydrogen-bond donors (Lipinski definition) is 1. The molecule has 0 heterocycles. The SMILES string of the molecule is C=CC1CCC2C3CCC4=CC(=O)C(Cl)C(O)C4(C)C3CCC12C. The topological polar surface area (TPSA) is 37.3 Å². The van der Waals surface area contributed by atoms with Crippen LogP contribution in [0.3, 0.4) is 0 Å². The molecule has 0 spiro atoms. The largest absolute Gasteiger partial charge is 0.390 e. The van der Waals surface area contributed by atoms with Crippen molar-refractivity contribution >= 4 is 17.4 Å². The number of allylic oxidation sites excluding steroid dienone is 1. The molecule has 3 fully saturated rings. The molecular formula is C21H29ClO2. The van der Waals surface area contributed by atoms with E-state index in [9.17, 15) is 9.90 Å². The zero-order chi connectivity index (χ0) is 17.3. The number of aliphatic hydroxyl groups excluding tert-OH is 1. The molecule has 0 aromatic rings. The molecule has 3 heteroatoms. The first kappa shape index (κ1) is 16.8. The van der Waals surface area contributed by atoms with Gasteiger partial charge in [-0.05, 0) is 73.7 Å². The summed E-state index contributed by atoms with van der Waals surface area (Å²) in [5.41, 5.74) is 1.20. The second-order valence-electron chi connectivity index (χ2n) is 9.08. The molecule has 0 radical (unpaired) electrons. The first-order chi connectivity index (χ1) is 11.3. The Kier molecular flexibility index (Phi) is 3.82. The third-order valence-corrected chi connectivity index (χ3v) is 8.94. The van der Waals surface area contributed by atoms with Crippen molar-refractivity contribution in [2.45, 2.75) is 63.9 Å². The zero-order valence-corrected chi connectivity index (χ0v) is 15.6. The standard InChI is InChI=1S/C21H29ClO2/c1-4-12-6-8-15-14-7-5-13-11-17(23)18(22)19(24)21(13,3)16(14)9-10-20(12,15)2/h4,11-12,14-16,18-19,24H,1,5-10H2,2-3H3. The van der Waals surface area contributed by atoms with E-state index in [4.69, 9.17) is 11.6 Å². The van der Waals surface area contributed by atoms with Crippen molar-refractivity contribution in [1.82, 2.24) is 0 Å². The van der Waals surface area contributed by atoms with Gasteiger partial charge in [0.2, 0.25) is 0 Å². The molecule has 8 atom stereocenters. The van der Waals surface area contributed by atoms with E-state index in [1.807, 2.05) is 0 Å². The number of ketones is 1. The molecule has 0 saturated heterocycles. The second-order valence-corrected chi connectivity index (χ2v) is 9.55. The maximum absolute atomic E-state index is 12.1. The van der Waals surface area contributed by atoms with Gasteiger partial charge < -0.3 is 5.11 Å². The molecule has 0 bridgehead atoms. The van der Waals surface area contributed by atoms with Gasteiger partial charge in [0.15, 0.2) is 5.78 Å². The summed E-state index contributed by atoms with van der Waals surface area (Å²) in [5.74, 6) is 2.33. The molecule has 2 nitrogen and oxygen atoms in total. The lowest BCUT2D eigenvalue weighted by atomic mass is 9.46. The fourth-order valence-electron chi connectivity index (χ4n) is 7.04. The van der Waals surface area contributed by atoms with Gasteiger partial charge in [0.1, 0.15) is 5.38 Å². The van der Waals surface area contributed by atoms with Crippen molar-refractivity contribution in [1.29, 1.82) is 0 Å². The summed E-state index contributed by atoms with van der Waals surface area (Å²) in [7, 11) is 0. The predicted octanol–water partition coefficient (Wildman–Crippen LogP) is 4.51. The van der Waals surface area contributed by atoms with Crippen molar-refractivity contribution < 1.29 is 9.90 Å². The van der Waals surface area contributed by atoms with Gasteiger partial charge >= 0.3 is 0 Å². The Labute approximate surface area is 150 Å². The van der Waals surface area contributed by atoms with E-state index >= 15 is 0 Å². The number of fused-ring (bicyclic) bond motifs is 5. The Balaban J connectivity index is 1.72. The number of carbonyl (C=O) groups excluding carboxylic acids is 1. The average Bonchev–Trinajstić information content (AvgIpc) is 2.91. The van der Waals surface area contributed by atoms with E-state index in [1.165, 1.54) is 19.3 Å². The highest BCUT2D eigenvalue weighted by Gasteiger charge is 2.61. The van der Waals surface area contributed by atoms with Crippen LogP contribution in [0, 0.1) is 34.5 Å². The Morgan fingerprint density at radius 3 is 2.71 bits per heavy atom. The van der Waals surface area contributed by atoms with Crippen LogP contribution in [-0.2, 0) is 4.79 Å². The van der Waals surface area contributed by atoms with Crippen LogP contribution < -0.4 is 0 Å². The van der Waals surface area contributed by atoms with Gasteiger partial charge in [-0.25, -0.2) is 0 Å². The molecule has 0 amide bonds. The Morgan fingerprint density at radius 2 is 2.00 bits per heavy atom. The van der Waals surface area contributed by atoms with Gasteiger partial charge in [-0.1, -0.05) is 25.5 Å². The van der Waals surface area contributed by atoms with Crippen LogP contribution in [0.2, 0.25) is 0 Å². The van der Waals surface area contributed by atoms with Gasteiger partial charge in [-0.3, -0.25) is 4.79 Å². The number of rotatable bonds is 1. The van der Waals surface area contributed by atoms with E-state index < -0.39 is 11.5 Å². The summed E-state index contributed by atoms with van der Waals surface area (Å²) >= 11 is 6.29. The monoisotopic (exact) mass is 348 g/mol. The second kappa shape index (κ2) is 5.45. The van der Waals surface area contributed by atoms with Gasteiger partial charge in [0, 0.05) is 5.41 Å². The molecule has 1 N–H and O–H groups in total. The Morgan fingerprint density at radius 1 is 1.25 bits per heavy atom. The van der Waals surface area contributed by atoms with Crippen LogP contribution in [0.1, 0.15) is 52.4 Å². The van der Waals surface area contributed by atoms with E-state index in [0.717, 1.165) is 30.8 Å². The number of alkyl halides is 1. The van der Waals surface area contributed by atoms with E-state index in [-0.39, 0.29) is 11.2 Å². The molecule has 3 saturated carbocycles. The molecule has 0 aromatic carbocycles. The minimum atomic E-state index is -0.782. The van der Waals surface area contributed by atoms with Crippen molar-refractivity contribution in [3.63, 3.8) is 0 Å². The van der Waals surface area contributed by atoms with Gasteiger partial charge in [-0.15, -0.1) is 18.2 Å².